The van der Waals surface area contributed by atoms with Crippen molar-refractivity contribution in [3.63, 3.8) is 0 Å². The molecule has 2 aromatic heterocycles. The number of aromatic amines is 1. The molecule has 0 aliphatic carbocycles. The van der Waals surface area contributed by atoms with E-state index in [1.54, 1.807) is 0 Å². The average Bonchev–Trinajstić information content (AvgIpc) is 3.09. The van der Waals surface area contributed by atoms with Crippen molar-refractivity contribution >= 4 is 27.8 Å². The SMILES string of the molecule is Cc1nc2ccccc2c(C)c1CC(=O)N[C@@H](C)c1nc2ccccc2[nH]1. The molecule has 2 aromatic carbocycles. The van der Waals surface area contributed by atoms with Crippen molar-refractivity contribution in [2.45, 2.75) is 33.2 Å². The summed E-state index contributed by atoms with van der Waals surface area (Å²) in [4.78, 5) is 25.2. The second-order valence-electron chi connectivity index (χ2n) is 6.92. The quantitative estimate of drug-likeness (QED) is 0.576. The molecule has 4 aromatic rings. The van der Waals surface area contributed by atoms with Gasteiger partial charge in [0.15, 0.2) is 0 Å². The van der Waals surface area contributed by atoms with Gasteiger partial charge in [0.05, 0.1) is 29.0 Å². The number of aromatic nitrogens is 3. The molecule has 0 unspecified atom stereocenters. The van der Waals surface area contributed by atoms with E-state index in [0.29, 0.717) is 6.42 Å². The Morgan fingerprint density at radius 1 is 1.04 bits per heavy atom. The minimum atomic E-state index is -0.195. The summed E-state index contributed by atoms with van der Waals surface area (Å²) >= 11 is 0. The lowest BCUT2D eigenvalue weighted by Gasteiger charge is -2.15. The van der Waals surface area contributed by atoms with Crippen LogP contribution in [0, 0.1) is 13.8 Å². The maximum atomic E-state index is 12.7. The standard InChI is InChI=1S/C22H22N4O/c1-13-16-8-4-5-9-18(16)23-14(2)17(13)12-21(27)24-15(3)22-25-19-10-6-7-11-20(19)26-22/h4-11,15H,12H2,1-3H3,(H,24,27)(H,25,26)/t15-/m0/s1. The third-order valence-corrected chi connectivity index (χ3v) is 5.02. The number of hydrogen-bond acceptors (Lipinski definition) is 3. The summed E-state index contributed by atoms with van der Waals surface area (Å²) in [6, 6.07) is 15.7. The number of para-hydroxylation sites is 3. The van der Waals surface area contributed by atoms with E-state index in [1.807, 2.05) is 56.3 Å². The zero-order chi connectivity index (χ0) is 19.0. The molecule has 1 atom stereocenters. The van der Waals surface area contributed by atoms with Crippen molar-refractivity contribution in [3.8, 4) is 0 Å². The molecule has 2 heterocycles. The molecule has 2 N–H and O–H groups in total. The van der Waals surface area contributed by atoms with Crippen LogP contribution in [-0.4, -0.2) is 20.9 Å². The summed E-state index contributed by atoms with van der Waals surface area (Å²) in [5.74, 6) is 0.723. The van der Waals surface area contributed by atoms with E-state index in [0.717, 1.165) is 44.6 Å². The Balaban J connectivity index is 1.54. The first kappa shape index (κ1) is 17.2. The van der Waals surface area contributed by atoms with Gasteiger partial charge in [0, 0.05) is 11.1 Å². The van der Waals surface area contributed by atoms with Crippen LogP contribution in [0.4, 0.5) is 0 Å². The Hall–Kier alpha value is -3.21. The van der Waals surface area contributed by atoms with Crippen LogP contribution in [-0.2, 0) is 11.2 Å². The largest absolute Gasteiger partial charge is 0.346 e. The molecule has 0 bridgehead atoms. The molecule has 0 aliphatic rings. The first-order chi connectivity index (χ1) is 13.0. The monoisotopic (exact) mass is 358 g/mol. The molecule has 0 radical (unpaired) electrons. The van der Waals surface area contributed by atoms with Gasteiger partial charge in [0.1, 0.15) is 5.82 Å². The average molecular weight is 358 g/mol. The summed E-state index contributed by atoms with van der Waals surface area (Å²) in [6.07, 6.45) is 0.306. The lowest BCUT2D eigenvalue weighted by Crippen LogP contribution is -2.29. The van der Waals surface area contributed by atoms with Gasteiger partial charge in [-0.1, -0.05) is 30.3 Å². The zero-order valence-corrected chi connectivity index (χ0v) is 15.7. The number of rotatable bonds is 4. The summed E-state index contributed by atoms with van der Waals surface area (Å²) in [5.41, 5.74) is 5.84. The highest BCUT2D eigenvalue weighted by Crippen LogP contribution is 2.23. The lowest BCUT2D eigenvalue weighted by atomic mass is 9.99. The molecule has 1 amide bonds. The fourth-order valence-corrected chi connectivity index (χ4v) is 3.53. The third kappa shape index (κ3) is 3.28. The van der Waals surface area contributed by atoms with Gasteiger partial charge >= 0.3 is 0 Å². The van der Waals surface area contributed by atoms with E-state index in [4.69, 9.17) is 0 Å². The number of amides is 1. The number of fused-ring (bicyclic) bond motifs is 2. The molecular weight excluding hydrogens is 336 g/mol. The number of imidazole rings is 1. The fourth-order valence-electron chi connectivity index (χ4n) is 3.53. The summed E-state index contributed by atoms with van der Waals surface area (Å²) in [6.45, 7) is 5.96. The van der Waals surface area contributed by atoms with E-state index in [-0.39, 0.29) is 11.9 Å². The number of pyridine rings is 1. The second kappa shape index (κ2) is 6.83. The molecule has 27 heavy (non-hydrogen) atoms. The number of H-pyrrole nitrogens is 1. The van der Waals surface area contributed by atoms with Crippen LogP contribution in [0.25, 0.3) is 21.9 Å². The fraction of sp³-hybridized carbons (Fsp3) is 0.227. The number of nitrogens with one attached hydrogen (secondary N) is 2. The molecule has 136 valence electrons. The summed E-state index contributed by atoms with van der Waals surface area (Å²) < 4.78 is 0. The number of benzene rings is 2. The van der Waals surface area contributed by atoms with Crippen LogP contribution in [0.2, 0.25) is 0 Å². The van der Waals surface area contributed by atoms with Crippen LogP contribution in [0.3, 0.4) is 0 Å². The van der Waals surface area contributed by atoms with Gasteiger partial charge in [-0.3, -0.25) is 9.78 Å². The van der Waals surface area contributed by atoms with Crippen LogP contribution in [0.5, 0.6) is 0 Å². The Kier molecular flexibility index (Phi) is 4.36. The van der Waals surface area contributed by atoms with Crippen molar-refractivity contribution in [1.29, 1.82) is 0 Å². The highest BCUT2D eigenvalue weighted by molar-refractivity contribution is 5.86. The normalized spacial score (nSPS) is 12.4. The van der Waals surface area contributed by atoms with Crippen LogP contribution in [0.15, 0.2) is 48.5 Å². The topological polar surface area (TPSA) is 70.7 Å². The van der Waals surface area contributed by atoms with E-state index in [2.05, 4.69) is 33.3 Å². The molecule has 4 rings (SSSR count). The van der Waals surface area contributed by atoms with Gasteiger partial charge in [-0.25, -0.2) is 4.98 Å². The zero-order valence-electron chi connectivity index (χ0n) is 15.7. The van der Waals surface area contributed by atoms with Crippen LogP contribution < -0.4 is 5.32 Å². The lowest BCUT2D eigenvalue weighted by molar-refractivity contribution is -0.121. The number of nitrogens with zero attached hydrogens (tertiary/aromatic N) is 2. The van der Waals surface area contributed by atoms with Gasteiger partial charge in [0.2, 0.25) is 5.91 Å². The van der Waals surface area contributed by atoms with Gasteiger partial charge in [-0.2, -0.15) is 0 Å². The van der Waals surface area contributed by atoms with E-state index < -0.39 is 0 Å². The van der Waals surface area contributed by atoms with Crippen molar-refractivity contribution in [2.24, 2.45) is 0 Å². The molecular formula is C22H22N4O. The molecule has 0 saturated heterocycles. The first-order valence-corrected chi connectivity index (χ1v) is 9.12. The number of carbonyl (C=O) groups excluding carboxylic acids is 1. The maximum Gasteiger partial charge on any atom is 0.225 e. The van der Waals surface area contributed by atoms with E-state index in [1.165, 1.54) is 0 Å². The van der Waals surface area contributed by atoms with Crippen molar-refractivity contribution in [2.75, 3.05) is 0 Å². The maximum absolute atomic E-state index is 12.7. The number of carbonyl (C=O) groups is 1. The molecule has 0 spiro atoms. The Bertz CT molecular complexity index is 1110. The summed E-state index contributed by atoms with van der Waals surface area (Å²) in [5, 5.41) is 4.14. The smallest absolute Gasteiger partial charge is 0.225 e. The highest BCUT2D eigenvalue weighted by Gasteiger charge is 2.17. The van der Waals surface area contributed by atoms with Crippen molar-refractivity contribution in [1.82, 2.24) is 20.3 Å². The molecule has 5 heteroatoms. The third-order valence-electron chi connectivity index (χ3n) is 5.02. The van der Waals surface area contributed by atoms with Gasteiger partial charge in [-0.05, 0) is 50.1 Å². The first-order valence-electron chi connectivity index (χ1n) is 9.12. The predicted octanol–water partition coefficient (Wildman–Crippen LogP) is 4.15. The molecule has 0 fully saturated rings. The van der Waals surface area contributed by atoms with Crippen molar-refractivity contribution in [3.05, 3.63) is 71.2 Å². The predicted molar refractivity (Wildman–Crippen MR) is 108 cm³/mol. The van der Waals surface area contributed by atoms with Gasteiger partial charge < -0.3 is 10.3 Å². The molecule has 5 nitrogen and oxygen atoms in total. The number of hydrogen-bond donors (Lipinski definition) is 2. The Labute approximate surface area is 157 Å². The molecule has 0 saturated carbocycles. The minimum absolute atomic E-state index is 0.0359. The second-order valence-corrected chi connectivity index (χ2v) is 6.92. The summed E-state index contributed by atoms with van der Waals surface area (Å²) in [7, 11) is 0. The van der Waals surface area contributed by atoms with Crippen LogP contribution >= 0.6 is 0 Å². The Morgan fingerprint density at radius 3 is 2.52 bits per heavy atom. The highest BCUT2D eigenvalue weighted by atomic mass is 16.1. The van der Waals surface area contributed by atoms with E-state index >= 15 is 0 Å². The van der Waals surface area contributed by atoms with E-state index in [9.17, 15) is 4.79 Å². The Morgan fingerprint density at radius 2 is 1.74 bits per heavy atom. The minimum Gasteiger partial charge on any atom is -0.346 e. The van der Waals surface area contributed by atoms with Gasteiger partial charge in [0.25, 0.3) is 0 Å². The van der Waals surface area contributed by atoms with Crippen molar-refractivity contribution < 1.29 is 4.79 Å². The molecule has 0 aliphatic heterocycles. The van der Waals surface area contributed by atoms with Crippen LogP contribution in [0.1, 0.15) is 35.6 Å². The number of aryl methyl sites for hydroxylation is 2. The van der Waals surface area contributed by atoms with Gasteiger partial charge in [-0.15, -0.1) is 0 Å².